The molecular formula is C27H25NO6. The topological polar surface area (TPSA) is 94.7 Å². The highest BCUT2D eigenvalue weighted by Gasteiger charge is 2.45. The van der Waals surface area contributed by atoms with Crippen LogP contribution >= 0.6 is 0 Å². The predicted octanol–water partition coefficient (Wildman–Crippen LogP) is 4.65. The van der Waals surface area contributed by atoms with Gasteiger partial charge in [-0.2, -0.15) is 0 Å². The van der Waals surface area contributed by atoms with E-state index >= 15 is 0 Å². The molecule has 0 amide bonds. The first kappa shape index (κ1) is 21.0. The van der Waals surface area contributed by atoms with Gasteiger partial charge in [0, 0.05) is 23.1 Å². The molecule has 1 aromatic heterocycles. The van der Waals surface area contributed by atoms with Gasteiger partial charge >= 0.3 is 5.97 Å². The number of carbonyl (C=O) groups is 2. The molecule has 1 N–H and O–H groups in total. The molecule has 0 radical (unpaired) electrons. The largest absolute Gasteiger partial charge is 0.497 e. The highest BCUT2D eigenvalue weighted by Crippen LogP contribution is 2.50. The summed E-state index contributed by atoms with van der Waals surface area (Å²) < 4.78 is 17.5. The van der Waals surface area contributed by atoms with Gasteiger partial charge in [-0.15, -0.1) is 0 Å². The summed E-state index contributed by atoms with van der Waals surface area (Å²) in [6, 6.07) is 10.6. The standard InChI is InChI=1S/C27H25NO6/c1-32-16-6-5-15-11-19(26(31)28-20(15)12-16)18-13-23(30)33-22-8-7-17-21(29)14-27(9-3-2-4-10-27)34-25(17)24(18)22/h5-8,11-12,18H,2-4,9-10,13-14H2,1H3,(H,28,31). The maximum Gasteiger partial charge on any atom is 0.312 e. The van der Waals surface area contributed by atoms with E-state index in [1.54, 1.807) is 31.4 Å². The molecule has 2 aromatic carbocycles. The van der Waals surface area contributed by atoms with Crippen molar-refractivity contribution in [2.75, 3.05) is 7.11 Å². The number of aromatic nitrogens is 1. The summed E-state index contributed by atoms with van der Waals surface area (Å²) in [7, 11) is 1.57. The quantitative estimate of drug-likeness (QED) is 0.443. The fourth-order valence-electron chi connectivity index (χ4n) is 5.73. The molecule has 3 aromatic rings. The normalized spacial score (nSPS) is 20.9. The Morgan fingerprint density at radius 3 is 2.65 bits per heavy atom. The zero-order chi connectivity index (χ0) is 23.4. The molecular weight excluding hydrogens is 434 g/mol. The molecule has 3 heterocycles. The van der Waals surface area contributed by atoms with Crippen molar-refractivity contribution in [3.8, 4) is 17.2 Å². The number of rotatable bonds is 2. The van der Waals surface area contributed by atoms with Crippen LogP contribution in [0.1, 0.15) is 72.3 Å². The lowest BCUT2D eigenvalue weighted by molar-refractivity contribution is -0.135. The second-order valence-electron chi connectivity index (χ2n) is 9.54. The van der Waals surface area contributed by atoms with Gasteiger partial charge in [0.05, 0.1) is 31.0 Å². The number of esters is 1. The number of fused-ring (bicyclic) bond motifs is 4. The van der Waals surface area contributed by atoms with Crippen LogP contribution in [-0.2, 0) is 4.79 Å². The third kappa shape index (κ3) is 3.30. The van der Waals surface area contributed by atoms with Gasteiger partial charge in [-0.05, 0) is 61.4 Å². The van der Waals surface area contributed by atoms with Crippen LogP contribution in [0.25, 0.3) is 10.9 Å². The number of Topliss-reactive ketones (excluding diaryl/α,β-unsaturated/α-hetero) is 1. The first-order valence-electron chi connectivity index (χ1n) is 11.8. The van der Waals surface area contributed by atoms with E-state index in [2.05, 4.69) is 4.98 Å². The molecule has 1 fully saturated rings. The predicted molar refractivity (Wildman–Crippen MR) is 125 cm³/mol. The van der Waals surface area contributed by atoms with Crippen molar-refractivity contribution < 1.29 is 23.8 Å². The van der Waals surface area contributed by atoms with Crippen LogP contribution in [0, 0.1) is 0 Å². The molecule has 7 nitrogen and oxygen atoms in total. The van der Waals surface area contributed by atoms with Crippen LogP contribution in [0.15, 0.2) is 41.2 Å². The average molecular weight is 459 g/mol. The SMILES string of the molecule is COc1ccc2cc(C3CC(=O)Oc4ccc5c(c43)OC3(CCCCC3)CC5=O)c(=O)[nH]c2c1. The Balaban J connectivity index is 1.53. The molecule has 6 rings (SSSR count). The lowest BCUT2D eigenvalue weighted by Crippen LogP contribution is -2.44. The summed E-state index contributed by atoms with van der Waals surface area (Å²) in [5.41, 5.74) is 1.40. The van der Waals surface area contributed by atoms with Crippen molar-refractivity contribution in [1.29, 1.82) is 0 Å². The summed E-state index contributed by atoms with van der Waals surface area (Å²) in [5, 5.41) is 0.821. The molecule has 3 aliphatic rings. The van der Waals surface area contributed by atoms with Gasteiger partial charge in [0.25, 0.3) is 5.56 Å². The fraction of sp³-hybridized carbons (Fsp3) is 0.370. The lowest BCUT2D eigenvalue weighted by Gasteiger charge is -2.42. The third-order valence-electron chi connectivity index (χ3n) is 7.42. The first-order chi connectivity index (χ1) is 16.5. The zero-order valence-electron chi connectivity index (χ0n) is 18.9. The number of methoxy groups -OCH3 is 1. The molecule has 1 unspecified atom stereocenters. The van der Waals surface area contributed by atoms with E-state index in [1.165, 1.54) is 0 Å². The number of ketones is 1. The van der Waals surface area contributed by atoms with E-state index in [4.69, 9.17) is 14.2 Å². The molecule has 2 aliphatic heterocycles. The maximum atomic E-state index is 13.2. The molecule has 174 valence electrons. The number of aromatic amines is 1. The van der Waals surface area contributed by atoms with Crippen molar-refractivity contribution in [1.82, 2.24) is 4.98 Å². The van der Waals surface area contributed by atoms with Crippen molar-refractivity contribution in [3.63, 3.8) is 0 Å². The third-order valence-corrected chi connectivity index (χ3v) is 7.42. The number of hydrogen-bond donors (Lipinski definition) is 1. The molecule has 34 heavy (non-hydrogen) atoms. The highest BCUT2D eigenvalue weighted by atomic mass is 16.5. The van der Waals surface area contributed by atoms with Crippen LogP contribution in [-0.4, -0.2) is 29.4 Å². The second-order valence-corrected chi connectivity index (χ2v) is 9.54. The Kier molecular flexibility index (Phi) is 4.76. The summed E-state index contributed by atoms with van der Waals surface area (Å²) in [6.45, 7) is 0. The van der Waals surface area contributed by atoms with Gasteiger partial charge < -0.3 is 19.2 Å². The molecule has 1 aliphatic carbocycles. The number of benzene rings is 2. The van der Waals surface area contributed by atoms with Crippen molar-refractivity contribution in [2.45, 2.75) is 56.5 Å². The number of pyridine rings is 1. The van der Waals surface area contributed by atoms with Crippen LogP contribution < -0.4 is 19.8 Å². The zero-order valence-corrected chi connectivity index (χ0v) is 18.9. The number of carbonyl (C=O) groups excluding carboxylic acids is 2. The molecule has 1 saturated carbocycles. The Labute approximate surface area is 196 Å². The van der Waals surface area contributed by atoms with Crippen LogP contribution in [0.4, 0.5) is 0 Å². The fourth-order valence-corrected chi connectivity index (χ4v) is 5.73. The number of ether oxygens (including phenoxy) is 3. The van der Waals surface area contributed by atoms with Crippen molar-refractivity contribution >= 4 is 22.7 Å². The minimum absolute atomic E-state index is 0.00124. The second kappa shape index (κ2) is 7.72. The van der Waals surface area contributed by atoms with Crippen LogP contribution in [0.3, 0.4) is 0 Å². The van der Waals surface area contributed by atoms with E-state index in [0.717, 1.165) is 37.5 Å². The minimum Gasteiger partial charge on any atom is -0.497 e. The molecule has 7 heteroatoms. The summed E-state index contributed by atoms with van der Waals surface area (Å²) in [5.74, 6) is 0.522. The Hall–Kier alpha value is -3.61. The van der Waals surface area contributed by atoms with E-state index in [9.17, 15) is 14.4 Å². The number of H-pyrrole nitrogens is 1. The molecule has 1 atom stereocenters. The monoisotopic (exact) mass is 459 g/mol. The Morgan fingerprint density at radius 2 is 1.85 bits per heavy atom. The lowest BCUT2D eigenvalue weighted by atomic mass is 9.76. The Morgan fingerprint density at radius 1 is 1.03 bits per heavy atom. The van der Waals surface area contributed by atoms with E-state index in [0.29, 0.717) is 45.9 Å². The number of hydrogen-bond acceptors (Lipinski definition) is 6. The van der Waals surface area contributed by atoms with Crippen molar-refractivity contribution in [3.05, 3.63) is 63.4 Å². The summed E-state index contributed by atoms with van der Waals surface area (Å²) in [6.07, 6.45) is 5.18. The maximum absolute atomic E-state index is 13.2. The molecule has 1 spiro atoms. The Bertz CT molecular complexity index is 1400. The summed E-state index contributed by atoms with van der Waals surface area (Å²) in [4.78, 5) is 41.9. The van der Waals surface area contributed by atoms with Crippen molar-refractivity contribution in [2.24, 2.45) is 0 Å². The highest BCUT2D eigenvalue weighted by molar-refractivity contribution is 6.01. The minimum atomic E-state index is -0.576. The van der Waals surface area contributed by atoms with Gasteiger partial charge in [0.1, 0.15) is 22.8 Å². The molecule has 0 bridgehead atoms. The number of nitrogens with one attached hydrogen (secondary N) is 1. The van der Waals surface area contributed by atoms with E-state index in [-0.39, 0.29) is 17.8 Å². The molecule has 0 saturated heterocycles. The van der Waals surface area contributed by atoms with Gasteiger partial charge in [-0.3, -0.25) is 14.4 Å². The smallest absolute Gasteiger partial charge is 0.312 e. The first-order valence-corrected chi connectivity index (χ1v) is 11.8. The van der Waals surface area contributed by atoms with Gasteiger partial charge in [0.15, 0.2) is 5.78 Å². The summed E-state index contributed by atoms with van der Waals surface area (Å²) >= 11 is 0. The van der Waals surface area contributed by atoms with E-state index < -0.39 is 17.5 Å². The van der Waals surface area contributed by atoms with Gasteiger partial charge in [-0.1, -0.05) is 6.42 Å². The van der Waals surface area contributed by atoms with E-state index in [1.807, 2.05) is 12.1 Å². The van der Waals surface area contributed by atoms with Crippen LogP contribution in [0.2, 0.25) is 0 Å². The average Bonchev–Trinajstić information content (AvgIpc) is 2.82. The van der Waals surface area contributed by atoms with Crippen LogP contribution in [0.5, 0.6) is 17.2 Å². The van der Waals surface area contributed by atoms with Gasteiger partial charge in [-0.25, -0.2) is 0 Å². The van der Waals surface area contributed by atoms with Gasteiger partial charge in [0.2, 0.25) is 0 Å².